The molecular formula is C12H12N2O3. The third kappa shape index (κ3) is 2.96. The lowest BCUT2D eigenvalue weighted by molar-refractivity contribution is -0.138. The molecule has 1 aliphatic carbocycles. The molecule has 1 fully saturated rings. The van der Waals surface area contributed by atoms with Crippen molar-refractivity contribution in [3.63, 3.8) is 0 Å². The van der Waals surface area contributed by atoms with E-state index in [-0.39, 0.29) is 18.2 Å². The van der Waals surface area contributed by atoms with Gasteiger partial charge in [0, 0.05) is 23.9 Å². The van der Waals surface area contributed by atoms with Gasteiger partial charge in [-0.15, -0.1) is 0 Å². The van der Waals surface area contributed by atoms with Gasteiger partial charge in [0.05, 0.1) is 6.54 Å². The van der Waals surface area contributed by atoms with E-state index in [2.05, 4.69) is 10.3 Å². The fourth-order valence-electron chi connectivity index (χ4n) is 1.41. The van der Waals surface area contributed by atoms with Gasteiger partial charge in [-0.25, -0.2) is 0 Å². The molecule has 0 spiro atoms. The lowest BCUT2D eigenvalue weighted by atomic mass is 10.2. The van der Waals surface area contributed by atoms with E-state index in [1.165, 1.54) is 6.20 Å². The predicted octanol–water partition coefficient (Wildman–Crippen LogP) is 0.360. The zero-order valence-electron chi connectivity index (χ0n) is 9.18. The van der Waals surface area contributed by atoms with Gasteiger partial charge in [0.25, 0.3) is 5.91 Å². The fourth-order valence-corrected chi connectivity index (χ4v) is 1.41. The lowest BCUT2D eigenvalue weighted by Gasteiger charge is -2.02. The average Bonchev–Trinajstić information content (AvgIpc) is 3.20. The Hall–Kier alpha value is -2.04. The van der Waals surface area contributed by atoms with Crippen LogP contribution >= 0.6 is 0 Å². The van der Waals surface area contributed by atoms with Crippen molar-refractivity contribution >= 4 is 17.5 Å². The van der Waals surface area contributed by atoms with Gasteiger partial charge in [-0.3, -0.25) is 19.4 Å². The highest BCUT2D eigenvalue weighted by atomic mass is 16.2. The molecule has 1 saturated carbocycles. The Labute approximate surface area is 98.2 Å². The number of carbonyl (C=O) groups is 3. The smallest absolute Gasteiger partial charge is 0.288 e. The Kier molecular flexibility index (Phi) is 3.27. The Morgan fingerprint density at radius 1 is 1.35 bits per heavy atom. The van der Waals surface area contributed by atoms with Gasteiger partial charge < -0.3 is 5.32 Å². The second kappa shape index (κ2) is 4.86. The molecule has 1 amide bonds. The molecule has 0 saturated heterocycles. The number of Topliss-reactive ketones (excluding diaryl/α,β-unsaturated/α-hetero) is 2. The van der Waals surface area contributed by atoms with Crippen LogP contribution in [-0.4, -0.2) is 29.0 Å². The van der Waals surface area contributed by atoms with Crippen LogP contribution in [-0.2, 0) is 9.59 Å². The normalized spacial score (nSPS) is 14.1. The summed E-state index contributed by atoms with van der Waals surface area (Å²) in [5.74, 6) is -1.45. The van der Waals surface area contributed by atoms with Gasteiger partial charge in [0.15, 0.2) is 5.78 Å². The van der Waals surface area contributed by atoms with Crippen LogP contribution in [0.25, 0.3) is 0 Å². The molecule has 17 heavy (non-hydrogen) atoms. The third-order valence-electron chi connectivity index (χ3n) is 2.56. The minimum atomic E-state index is -0.662. The predicted molar refractivity (Wildman–Crippen MR) is 59.3 cm³/mol. The molecule has 1 aliphatic rings. The summed E-state index contributed by atoms with van der Waals surface area (Å²) >= 11 is 0. The second-order valence-corrected chi connectivity index (χ2v) is 3.99. The minimum Gasteiger partial charge on any atom is -0.342 e. The van der Waals surface area contributed by atoms with E-state index in [0.717, 1.165) is 12.8 Å². The maximum atomic E-state index is 11.6. The van der Waals surface area contributed by atoms with Crippen molar-refractivity contribution in [3.8, 4) is 0 Å². The monoisotopic (exact) mass is 232 g/mol. The van der Waals surface area contributed by atoms with Crippen molar-refractivity contribution in [2.24, 2.45) is 5.92 Å². The van der Waals surface area contributed by atoms with Gasteiger partial charge in [-0.1, -0.05) is 0 Å². The lowest BCUT2D eigenvalue weighted by Crippen LogP contribution is -2.35. The second-order valence-electron chi connectivity index (χ2n) is 3.99. The number of amides is 1. The van der Waals surface area contributed by atoms with Crippen LogP contribution in [0.3, 0.4) is 0 Å². The molecule has 88 valence electrons. The maximum absolute atomic E-state index is 11.6. The number of ketones is 2. The molecule has 1 aromatic heterocycles. The highest BCUT2D eigenvalue weighted by Gasteiger charge is 2.34. The van der Waals surface area contributed by atoms with Gasteiger partial charge in [-0.2, -0.15) is 0 Å². The zero-order chi connectivity index (χ0) is 12.3. The molecule has 5 heteroatoms. The van der Waals surface area contributed by atoms with E-state index in [4.69, 9.17) is 0 Å². The minimum absolute atomic E-state index is 0.122. The summed E-state index contributed by atoms with van der Waals surface area (Å²) in [5.41, 5.74) is 0.423. The van der Waals surface area contributed by atoms with E-state index in [1.807, 2.05) is 0 Å². The first-order valence-electron chi connectivity index (χ1n) is 5.44. The Morgan fingerprint density at radius 2 is 2.12 bits per heavy atom. The van der Waals surface area contributed by atoms with E-state index in [9.17, 15) is 14.4 Å². The fraction of sp³-hybridized carbons (Fsp3) is 0.333. The Morgan fingerprint density at radius 3 is 2.71 bits per heavy atom. The highest BCUT2D eigenvalue weighted by molar-refractivity contribution is 6.37. The zero-order valence-corrected chi connectivity index (χ0v) is 9.18. The van der Waals surface area contributed by atoms with Crippen molar-refractivity contribution < 1.29 is 14.4 Å². The van der Waals surface area contributed by atoms with Gasteiger partial charge in [-0.05, 0) is 25.0 Å². The maximum Gasteiger partial charge on any atom is 0.288 e. The van der Waals surface area contributed by atoms with E-state index in [1.54, 1.807) is 18.3 Å². The number of aromatic nitrogens is 1. The standard InChI is InChI=1S/C12H12N2O3/c15-10(9-2-1-5-13-6-9)7-14-12(17)11(16)8-3-4-8/h1-2,5-6,8H,3-4,7H2,(H,14,17). The van der Waals surface area contributed by atoms with Gasteiger partial charge in [0.1, 0.15) is 0 Å². The third-order valence-corrected chi connectivity index (χ3v) is 2.56. The largest absolute Gasteiger partial charge is 0.342 e. The number of nitrogens with zero attached hydrogens (tertiary/aromatic N) is 1. The summed E-state index contributed by atoms with van der Waals surface area (Å²) in [7, 11) is 0. The van der Waals surface area contributed by atoms with Crippen LogP contribution in [0, 0.1) is 5.92 Å². The number of hydrogen-bond acceptors (Lipinski definition) is 4. The number of hydrogen-bond donors (Lipinski definition) is 1. The first-order valence-corrected chi connectivity index (χ1v) is 5.44. The Bertz CT molecular complexity index is 452. The summed E-state index contributed by atoms with van der Waals surface area (Å²) in [4.78, 5) is 38.0. The van der Waals surface area contributed by atoms with Gasteiger partial charge in [0.2, 0.25) is 5.78 Å². The molecular weight excluding hydrogens is 220 g/mol. The highest BCUT2D eigenvalue weighted by Crippen LogP contribution is 2.29. The summed E-state index contributed by atoms with van der Waals surface area (Å²) in [6, 6.07) is 3.26. The number of rotatable bonds is 5. The number of carbonyl (C=O) groups excluding carboxylic acids is 3. The molecule has 1 N–H and O–H groups in total. The van der Waals surface area contributed by atoms with Crippen LogP contribution in [0.1, 0.15) is 23.2 Å². The summed E-state index contributed by atoms with van der Waals surface area (Å²) in [6.45, 7) is -0.164. The number of nitrogens with one attached hydrogen (secondary N) is 1. The van der Waals surface area contributed by atoms with Crippen molar-refractivity contribution in [2.45, 2.75) is 12.8 Å². The van der Waals surface area contributed by atoms with E-state index >= 15 is 0 Å². The molecule has 0 aromatic carbocycles. The van der Waals surface area contributed by atoms with Crippen LogP contribution < -0.4 is 5.32 Å². The molecule has 0 bridgehead atoms. The van der Waals surface area contributed by atoms with Crippen molar-refractivity contribution in [3.05, 3.63) is 30.1 Å². The topological polar surface area (TPSA) is 76.1 Å². The summed E-state index contributed by atoms with van der Waals surface area (Å²) < 4.78 is 0. The first-order chi connectivity index (χ1) is 8.18. The average molecular weight is 232 g/mol. The number of pyridine rings is 1. The van der Waals surface area contributed by atoms with E-state index in [0.29, 0.717) is 5.56 Å². The molecule has 1 heterocycles. The van der Waals surface area contributed by atoms with E-state index < -0.39 is 11.7 Å². The quantitative estimate of drug-likeness (QED) is 0.587. The Balaban J connectivity index is 1.84. The van der Waals surface area contributed by atoms with Crippen LogP contribution in [0.15, 0.2) is 24.5 Å². The van der Waals surface area contributed by atoms with Crippen LogP contribution in [0.4, 0.5) is 0 Å². The first kappa shape index (κ1) is 11.4. The van der Waals surface area contributed by atoms with Crippen molar-refractivity contribution in [1.82, 2.24) is 10.3 Å². The summed E-state index contributed by atoms with van der Waals surface area (Å²) in [5, 5.41) is 2.34. The molecule has 0 radical (unpaired) electrons. The van der Waals surface area contributed by atoms with Crippen LogP contribution in [0.2, 0.25) is 0 Å². The molecule has 1 aromatic rings. The summed E-state index contributed by atoms with van der Waals surface area (Å²) in [6.07, 6.45) is 4.55. The molecule has 0 aliphatic heterocycles. The molecule has 2 rings (SSSR count). The molecule has 0 atom stereocenters. The van der Waals surface area contributed by atoms with Gasteiger partial charge >= 0.3 is 0 Å². The molecule has 5 nitrogen and oxygen atoms in total. The van der Waals surface area contributed by atoms with Crippen molar-refractivity contribution in [2.75, 3.05) is 6.54 Å². The van der Waals surface area contributed by atoms with Crippen molar-refractivity contribution in [1.29, 1.82) is 0 Å². The SMILES string of the molecule is O=C(NCC(=O)c1cccnc1)C(=O)C1CC1. The van der Waals surface area contributed by atoms with Crippen LogP contribution in [0.5, 0.6) is 0 Å². The molecule has 0 unspecified atom stereocenters.